The zero-order valence-corrected chi connectivity index (χ0v) is 12.4. The molecule has 1 unspecified atom stereocenters. The normalized spacial score (nSPS) is 21.0. The molecular formula is C13H18BrClN2. The molecule has 1 heterocycles. The third kappa shape index (κ3) is 3.68. The summed E-state index contributed by atoms with van der Waals surface area (Å²) in [6.07, 6.45) is 1.29. The van der Waals surface area contributed by atoms with E-state index >= 15 is 0 Å². The van der Waals surface area contributed by atoms with E-state index in [2.05, 4.69) is 38.3 Å². The smallest absolute Gasteiger partial charge is 0.0462 e. The van der Waals surface area contributed by atoms with E-state index in [1.807, 2.05) is 13.1 Å². The molecular weight excluding hydrogens is 300 g/mol. The summed E-state index contributed by atoms with van der Waals surface area (Å²) >= 11 is 9.67. The van der Waals surface area contributed by atoms with Crippen molar-refractivity contribution < 1.29 is 0 Å². The Hall–Kier alpha value is -0.0900. The lowest BCUT2D eigenvalue weighted by Crippen LogP contribution is -2.24. The predicted molar refractivity (Wildman–Crippen MR) is 76.5 cm³/mol. The Kier molecular flexibility index (Phi) is 4.86. The highest BCUT2D eigenvalue weighted by Gasteiger charge is 2.22. The van der Waals surface area contributed by atoms with E-state index in [1.165, 1.54) is 25.1 Å². The number of likely N-dealkylation sites (tertiary alicyclic amines) is 1. The summed E-state index contributed by atoms with van der Waals surface area (Å²) in [4.78, 5) is 2.48. The van der Waals surface area contributed by atoms with E-state index < -0.39 is 0 Å². The first-order valence-electron chi connectivity index (χ1n) is 6.00. The molecule has 17 heavy (non-hydrogen) atoms. The quantitative estimate of drug-likeness (QED) is 0.918. The fraction of sp³-hybridized carbons (Fsp3) is 0.538. The summed E-state index contributed by atoms with van der Waals surface area (Å²) < 4.78 is 1.04. The van der Waals surface area contributed by atoms with Crippen LogP contribution in [0.15, 0.2) is 22.7 Å². The first-order valence-corrected chi connectivity index (χ1v) is 7.17. The van der Waals surface area contributed by atoms with Gasteiger partial charge in [0.05, 0.1) is 0 Å². The minimum Gasteiger partial charge on any atom is -0.319 e. The standard InChI is InChI=1S/C13H18BrClN2/c1-16-7-10-4-5-17(8-10)9-11-2-3-12(14)6-13(11)15/h2-3,6,10,16H,4-5,7-9H2,1H3. The van der Waals surface area contributed by atoms with Gasteiger partial charge in [0.2, 0.25) is 0 Å². The van der Waals surface area contributed by atoms with Gasteiger partial charge in [-0.15, -0.1) is 0 Å². The number of benzene rings is 1. The molecule has 1 aromatic rings. The van der Waals surface area contributed by atoms with Crippen molar-refractivity contribution in [2.45, 2.75) is 13.0 Å². The van der Waals surface area contributed by atoms with Crippen LogP contribution in [0.25, 0.3) is 0 Å². The van der Waals surface area contributed by atoms with E-state index in [4.69, 9.17) is 11.6 Å². The summed E-state index contributed by atoms with van der Waals surface area (Å²) in [5, 5.41) is 4.11. The molecule has 1 saturated heterocycles. The Labute approximate surface area is 116 Å². The van der Waals surface area contributed by atoms with Gasteiger partial charge in [-0.3, -0.25) is 4.90 Å². The van der Waals surface area contributed by atoms with Gasteiger partial charge in [0.15, 0.2) is 0 Å². The minimum absolute atomic E-state index is 0.786. The molecule has 1 aromatic carbocycles. The average molecular weight is 318 g/mol. The molecule has 94 valence electrons. The summed E-state index contributed by atoms with van der Waals surface area (Å²) in [5.74, 6) is 0.786. The zero-order valence-electron chi connectivity index (χ0n) is 10.0. The topological polar surface area (TPSA) is 15.3 Å². The van der Waals surface area contributed by atoms with Gasteiger partial charge >= 0.3 is 0 Å². The number of hydrogen-bond donors (Lipinski definition) is 1. The Morgan fingerprint density at radius 2 is 2.35 bits per heavy atom. The molecule has 0 spiro atoms. The molecule has 2 rings (SSSR count). The van der Waals surface area contributed by atoms with Crippen molar-refractivity contribution >= 4 is 27.5 Å². The summed E-state index contributed by atoms with van der Waals surface area (Å²) in [6, 6.07) is 6.14. The SMILES string of the molecule is CNCC1CCN(Cc2ccc(Br)cc2Cl)C1. The number of rotatable bonds is 4. The van der Waals surface area contributed by atoms with Crippen molar-refractivity contribution in [3.8, 4) is 0 Å². The molecule has 0 saturated carbocycles. The highest BCUT2D eigenvalue weighted by molar-refractivity contribution is 9.10. The molecule has 1 aliphatic heterocycles. The van der Waals surface area contributed by atoms with Gasteiger partial charge in [0.1, 0.15) is 0 Å². The predicted octanol–water partition coefficient (Wildman–Crippen LogP) is 3.14. The first-order chi connectivity index (χ1) is 8.19. The Morgan fingerprint density at radius 3 is 3.06 bits per heavy atom. The van der Waals surface area contributed by atoms with Crippen molar-refractivity contribution in [2.75, 3.05) is 26.7 Å². The van der Waals surface area contributed by atoms with Gasteiger partial charge in [-0.2, -0.15) is 0 Å². The van der Waals surface area contributed by atoms with Crippen LogP contribution >= 0.6 is 27.5 Å². The molecule has 1 aliphatic rings. The van der Waals surface area contributed by atoms with E-state index in [0.717, 1.165) is 28.5 Å². The molecule has 0 radical (unpaired) electrons. The Morgan fingerprint density at radius 1 is 1.53 bits per heavy atom. The Balaban J connectivity index is 1.93. The minimum atomic E-state index is 0.786. The largest absolute Gasteiger partial charge is 0.319 e. The fourth-order valence-electron chi connectivity index (χ4n) is 2.40. The van der Waals surface area contributed by atoms with Crippen LogP contribution in [-0.2, 0) is 6.54 Å². The molecule has 1 fully saturated rings. The molecule has 4 heteroatoms. The van der Waals surface area contributed by atoms with Gasteiger partial charge in [-0.05, 0) is 50.2 Å². The van der Waals surface area contributed by atoms with E-state index in [1.54, 1.807) is 0 Å². The number of nitrogens with zero attached hydrogens (tertiary/aromatic N) is 1. The lowest BCUT2D eigenvalue weighted by Gasteiger charge is -2.17. The lowest BCUT2D eigenvalue weighted by molar-refractivity contribution is 0.315. The van der Waals surface area contributed by atoms with Gasteiger partial charge in [-0.1, -0.05) is 33.6 Å². The lowest BCUT2D eigenvalue weighted by atomic mass is 10.1. The van der Waals surface area contributed by atoms with Crippen molar-refractivity contribution in [3.63, 3.8) is 0 Å². The van der Waals surface area contributed by atoms with E-state index in [9.17, 15) is 0 Å². The Bertz CT molecular complexity index is 384. The number of halogens is 2. The highest BCUT2D eigenvalue weighted by atomic mass is 79.9. The van der Waals surface area contributed by atoms with Crippen LogP contribution in [0.1, 0.15) is 12.0 Å². The van der Waals surface area contributed by atoms with E-state index in [-0.39, 0.29) is 0 Å². The second-order valence-electron chi connectivity index (χ2n) is 4.68. The molecule has 1 N–H and O–H groups in total. The third-order valence-corrected chi connectivity index (χ3v) is 4.12. The molecule has 0 amide bonds. The highest BCUT2D eigenvalue weighted by Crippen LogP contribution is 2.25. The molecule has 0 bridgehead atoms. The van der Waals surface area contributed by atoms with Gasteiger partial charge in [-0.25, -0.2) is 0 Å². The van der Waals surface area contributed by atoms with Crippen molar-refractivity contribution in [1.29, 1.82) is 0 Å². The molecule has 0 aliphatic carbocycles. The zero-order chi connectivity index (χ0) is 12.3. The van der Waals surface area contributed by atoms with Crippen LogP contribution < -0.4 is 5.32 Å². The second kappa shape index (κ2) is 6.19. The van der Waals surface area contributed by atoms with Crippen molar-refractivity contribution in [1.82, 2.24) is 10.2 Å². The van der Waals surface area contributed by atoms with Gasteiger partial charge < -0.3 is 5.32 Å². The van der Waals surface area contributed by atoms with Crippen LogP contribution in [0.2, 0.25) is 5.02 Å². The first kappa shape index (κ1) is 13.3. The number of nitrogens with one attached hydrogen (secondary N) is 1. The second-order valence-corrected chi connectivity index (χ2v) is 6.01. The maximum Gasteiger partial charge on any atom is 0.0462 e. The summed E-state index contributed by atoms with van der Waals surface area (Å²) in [6.45, 7) is 4.43. The molecule has 1 atom stereocenters. The number of hydrogen-bond acceptors (Lipinski definition) is 2. The van der Waals surface area contributed by atoms with Crippen LogP contribution in [-0.4, -0.2) is 31.6 Å². The average Bonchev–Trinajstić information content (AvgIpc) is 2.71. The van der Waals surface area contributed by atoms with Crippen LogP contribution in [0.3, 0.4) is 0 Å². The van der Waals surface area contributed by atoms with E-state index in [0.29, 0.717) is 0 Å². The maximum atomic E-state index is 6.24. The van der Waals surface area contributed by atoms with Crippen LogP contribution in [0.5, 0.6) is 0 Å². The van der Waals surface area contributed by atoms with Crippen molar-refractivity contribution in [3.05, 3.63) is 33.3 Å². The van der Waals surface area contributed by atoms with Gasteiger partial charge in [0, 0.05) is 22.6 Å². The van der Waals surface area contributed by atoms with Crippen molar-refractivity contribution in [2.24, 2.45) is 5.92 Å². The monoisotopic (exact) mass is 316 g/mol. The van der Waals surface area contributed by atoms with Crippen LogP contribution in [0, 0.1) is 5.92 Å². The molecule has 0 aromatic heterocycles. The summed E-state index contributed by atoms with van der Waals surface area (Å²) in [5.41, 5.74) is 1.22. The van der Waals surface area contributed by atoms with Crippen LogP contribution in [0.4, 0.5) is 0 Å². The maximum absolute atomic E-state index is 6.24. The fourth-order valence-corrected chi connectivity index (χ4v) is 3.14. The van der Waals surface area contributed by atoms with Gasteiger partial charge in [0.25, 0.3) is 0 Å². The summed E-state index contributed by atoms with van der Waals surface area (Å²) in [7, 11) is 2.02. The molecule has 2 nitrogen and oxygen atoms in total. The third-order valence-electron chi connectivity index (χ3n) is 3.27.